The molecular weight excluding hydrogens is 200 g/mol. The monoisotopic (exact) mass is 218 g/mol. The quantitative estimate of drug-likeness (QED) is 0.815. The van der Waals surface area contributed by atoms with Gasteiger partial charge in [0.05, 0.1) is 0 Å². The fourth-order valence-corrected chi connectivity index (χ4v) is 2.09. The summed E-state index contributed by atoms with van der Waals surface area (Å²) < 4.78 is 0. The zero-order valence-corrected chi connectivity index (χ0v) is 9.62. The lowest BCUT2D eigenvalue weighted by Gasteiger charge is -2.10. The molecule has 0 aliphatic carbocycles. The molecule has 1 saturated heterocycles. The summed E-state index contributed by atoms with van der Waals surface area (Å²) in [5.74, 6) is 0.102. The molecule has 0 radical (unpaired) electrons. The van der Waals surface area contributed by atoms with Crippen LogP contribution in [0, 0.1) is 6.92 Å². The van der Waals surface area contributed by atoms with Crippen LogP contribution in [0.25, 0.3) is 0 Å². The van der Waals surface area contributed by atoms with Crippen molar-refractivity contribution in [3.63, 3.8) is 0 Å². The minimum atomic E-state index is 0.102. The molecule has 1 unspecified atom stereocenters. The van der Waals surface area contributed by atoms with Crippen LogP contribution in [-0.4, -0.2) is 18.5 Å². The van der Waals surface area contributed by atoms with Gasteiger partial charge in [-0.3, -0.25) is 4.79 Å². The molecular formula is C13H18N2O. The number of amides is 1. The summed E-state index contributed by atoms with van der Waals surface area (Å²) in [6.45, 7) is 3.07. The number of aryl methyl sites for hydroxylation is 1. The second kappa shape index (κ2) is 5.12. The Bertz CT molecular complexity index is 370. The highest BCUT2D eigenvalue weighted by atomic mass is 16.1. The van der Waals surface area contributed by atoms with Crippen molar-refractivity contribution in [1.82, 2.24) is 5.32 Å². The molecule has 3 heteroatoms. The molecule has 2 N–H and O–H groups in total. The van der Waals surface area contributed by atoms with Crippen LogP contribution in [0.1, 0.15) is 24.8 Å². The van der Waals surface area contributed by atoms with Crippen molar-refractivity contribution >= 4 is 11.6 Å². The lowest BCUT2D eigenvalue weighted by atomic mass is 10.1. The number of rotatable bonds is 3. The molecule has 86 valence electrons. The fourth-order valence-electron chi connectivity index (χ4n) is 2.09. The predicted octanol–water partition coefficient (Wildman–Crippen LogP) is 2.08. The van der Waals surface area contributed by atoms with E-state index >= 15 is 0 Å². The third-order valence-corrected chi connectivity index (χ3v) is 2.90. The van der Waals surface area contributed by atoms with Crippen LogP contribution in [0.4, 0.5) is 5.69 Å². The number of hydrogen-bond acceptors (Lipinski definition) is 2. The first-order valence-electron chi connectivity index (χ1n) is 5.84. The molecule has 1 amide bonds. The average molecular weight is 218 g/mol. The minimum absolute atomic E-state index is 0.102. The summed E-state index contributed by atoms with van der Waals surface area (Å²) in [6.07, 6.45) is 2.87. The van der Waals surface area contributed by atoms with Crippen molar-refractivity contribution in [3.8, 4) is 0 Å². The molecule has 1 aliphatic rings. The average Bonchev–Trinajstić information content (AvgIpc) is 2.70. The van der Waals surface area contributed by atoms with E-state index in [4.69, 9.17) is 0 Å². The van der Waals surface area contributed by atoms with Crippen molar-refractivity contribution in [2.24, 2.45) is 0 Å². The Kier molecular flexibility index (Phi) is 3.57. The summed E-state index contributed by atoms with van der Waals surface area (Å²) in [4.78, 5) is 11.7. The molecule has 1 aliphatic heterocycles. The number of carbonyl (C=O) groups is 1. The summed E-state index contributed by atoms with van der Waals surface area (Å²) in [6, 6.07) is 8.25. The smallest absolute Gasteiger partial charge is 0.225 e. The second-order valence-electron chi connectivity index (χ2n) is 4.42. The van der Waals surface area contributed by atoms with Gasteiger partial charge in [0.15, 0.2) is 0 Å². The van der Waals surface area contributed by atoms with Crippen molar-refractivity contribution in [3.05, 3.63) is 29.8 Å². The first-order chi connectivity index (χ1) is 7.74. The molecule has 2 rings (SSSR count). The van der Waals surface area contributed by atoms with Crippen LogP contribution >= 0.6 is 0 Å². The largest absolute Gasteiger partial charge is 0.326 e. The first kappa shape index (κ1) is 11.1. The van der Waals surface area contributed by atoms with Crippen molar-refractivity contribution in [1.29, 1.82) is 0 Å². The molecule has 0 saturated carbocycles. The molecule has 1 aromatic carbocycles. The van der Waals surface area contributed by atoms with Gasteiger partial charge >= 0.3 is 0 Å². The van der Waals surface area contributed by atoms with Gasteiger partial charge in [-0.05, 0) is 44.0 Å². The molecule has 0 spiro atoms. The lowest BCUT2D eigenvalue weighted by Crippen LogP contribution is -2.27. The van der Waals surface area contributed by atoms with E-state index in [9.17, 15) is 4.79 Å². The number of hydrogen-bond donors (Lipinski definition) is 2. The SMILES string of the molecule is Cc1cccc(NC(=O)CC2CCCN2)c1. The van der Waals surface area contributed by atoms with E-state index in [1.165, 1.54) is 6.42 Å². The van der Waals surface area contributed by atoms with Gasteiger partial charge in [0, 0.05) is 18.2 Å². The summed E-state index contributed by atoms with van der Waals surface area (Å²) in [5, 5.41) is 6.25. The van der Waals surface area contributed by atoms with E-state index in [1.807, 2.05) is 31.2 Å². The molecule has 3 nitrogen and oxygen atoms in total. The Labute approximate surface area is 96.2 Å². The fraction of sp³-hybridized carbons (Fsp3) is 0.462. The second-order valence-corrected chi connectivity index (χ2v) is 4.42. The minimum Gasteiger partial charge on any atom is -0.326 e. The maximum atomic E-state index is 11.7. The Morgan fingerprint density at radius 2 is 2.44 bits per heavy atom. The van der Waals surface area contributed by atoms with E-state index in [2.05, 4.69) is 10.6 Å². The van der Waals surface area contributed by atoms with Gasteiger partial charge in [-0.1, -0.05) is 12.1 Å². The normalized spacial score (nSPS) is 19.7. The van der Waals surface area contributed by atoms with E-state index in [0.717, 1.165) is 24.2 Å². The highest BCUT2D eigenvalue weighted by molar-refractivity contribution is 5.91. The Morgan fingerprint density at radius 1 is 1.56 bits per heavy atom. The number of anilines is 1. The topological polar surface area (TPSA) is 41.1 Å². The van der Waals surface area contributed by atoms with Crippen LogP contribution in [0.3, 0.4) is 0 Å². The first-order valence-corrected chi connectivity index (χ1v) is 5.84. The van der Waals surface area contributed by atoms with Gasteiger partial charge in [-0.15, -0.1) is 0 Å². The maximum absolute atomic E-state index is 11.7. The molecule has 0 bridgehead atoms. The highest BCUT2D eigenvalue weighted by Crippen LogP contribution is 2.12. The Hall–Kier alpha value is -1.35. The van der Waals surface area contributed by atoms with Crippen LogP contribution in [-0.2, 0) is 4.79 Å². The van der Waals surface area contributed by atoms with Gasteiger partial charge < -0.3 is 10.6 Å². The van der Waals surface area contributed by atoms with Gasteiger partial charge in [0.1, 0.15) is 0 Å². The molecule has 1 aromatic rings. The van der Waals surface area contributed by atoms with Gasteiger partial charge in [-0.25, -0.2) is 0 Å². The third kappa shape index (κ3) is 3.07. The molecule has 16 heavy (non-hydrogen) atoms. The third-order valence-electron chi connectivity index (χ3n) is 2.90. The zero-order valence-electron chi connectivity index (χ0n) is 9.62. The van der Waals surface area contributed by atoms with Gasteiger partial charge in [0.25, 0.3) is 0 Å². The number of nitrogens with one attached hydrogen (secondary N) is 2. The van der Waals surface area contributed by atoms with Gasteiger partial charge in [0.2, 0.25) is 5.91 Å². The molecule has 1 fully saturated rings. The van der Waals surface area contributed by atoms with Crippen LogP contribution < -0.4 is 10.6 Å². The molecule has 1 atom stereocenters. The van der Waals surface area contributed by atoms with Crippen molar-refractivity contribution < 1.29 is 4.79 Å². The Morgan fingerprint density at radius 3 is 3.12 bits per heavy atom. The standard InChI is InChI=1S/C13H18N2O/c1-10-4-2-5-12(8-10)15-13(16)9-11-6-3-7-14-11/h2,4-5,8,11,14H,3,6-7,9H2,1H3,(H,15,16). The highest BCUT2D eigenvalue weighted by Gasteiger charge is 2.17. The number of carbonyl (C=O) groups excluding carboxylic acids is 1. The molecule has 1 heterocycles. The van der Waals surface area contributed by atoms with Crippen LogP contribution in [0.2, 0.25) is 0 Å². The van der Waals surface area contributed by atoms with Crippen molar-refractivity contribution in [2.45, 2.75) is 32.2 Å². The van der Waals surface area contributed by atoms with Gasteiger partial charge in [-0.2, -0.15) is 0 Å². The van der Waals surface area contributed by atoms with Crippen LogP contribution in [0.15, 0.2) is 24.3 Å². The maximum Gasteiger partial charge on any atom is 0.225 e. The van der Waals surface area contributed by atoms with Crippen molar-refractivity contribution in [2.75, 3.05) is 11.9 Å². The lowest BCUT2D eigenvalue weighted by molar-refractivity contribution is -0.116. The van der Waals surface area contributed by atoms with E-state index in [0.29, 0.717) is 12.5 Å². The van der Waals surface area contributed by atoms with E-state index < -0.39 is 0 Å². The predicted molar refractivity (Wildman–Crippen MR) is 65.5 cm³/mol. The summed E-state index contributed by atoms with van der Waals surface area (Å²) in [5.41, 5.74) is 2.06. The Balaban J connectivity index is 1.86. The number of benzene rings is 1. The zero-order chi connectivity index (χ0) is 11.4. The van der Waals surface area contributed by atoms with E-state index in [1.54, 1.807) is 0 Å². The van der Waals surface area contributed by atoms with E-state index in [-0.39, 0.29) is 5.91 Å². The van der Waals surface area contributed by atoms with Crippen LogP contribution in [0.5, 0.6) is 0 Å². The summed E-state index contributed by atoms with van der Waals surface area (Å²) >= 11 is 0. The molecule has 0 aromatic heterocycles. The summed E-state index contributed by atoms with van der Waals surface area (Å²) in [7, 11) is 0.